The third kappa shape index (κ3) is 6.81. The van der Waals surface area contributed by atoms with Crippen LogP contribution in [0.3, 0.4) is 0 Å². The van der Waals surface area contributed by atoms with Crippen molar-refractivity contribution in [2.75, 3.05) is 61.3 Å². The van der Waals surface area contributed by atoms with Gasteiger partial charge in [-0.15, -0.1) is 0 Å². The second-order valence-corrected chi connectivity index (χ2v) is 11.1. The van der Waals surface area contributed by atoms with E-state index in [1.165, 1.54) is 13.2 Å². The Morgan fingerprint density at radius 3 is 2.23 bits per heavy atom. The van der Waals surface area contributed by atoms with E-state index in [0.29, 0.717) is 58.7 Å². The van der Waals surface area contributed by atoms with E-state index in [1.807, 2.05) is 18.2 Å². The number of amides is 2. The third-order valence-electron chi connectivity index (χ3n) is 8.26. The minimum Gasteiger partial charge on any atom is -0.494 e. The summed E-state index contributed by atoms with van der Waals surface area (Å²) in [4.78, 5) is 32.5. The van der Waals surface area contributed by atoms with E-state index >= 15 is 0 Å². The first kappa shape index (κ1) is 31.3. The number of rotatable bonds is 9. The van der Waals surface area contributed by atoms with Crippen LogP contribution >= 0.6 is 0 Å². The smallest absolute Gasteiger partial charge is 0.257 e. The minimum atomic E-state index is -0.447. The first-order chi connectivity index (χ1) is 22.9. The topological polar surface area (TPSA) is 150 Å². The lowest BCUT2D eigenvalue weighted by Crippen LogP contribution is -2.45. The quantitative estimate of drug-likeness (QED) is 0.189. The highest BCUT2D eigenvalue weighted by atomic mass is 16.7. The van der Waals surface area contributed by atoms with E-state index < -0.39 is 11.7 Å². The summed E-state index contributed by atoms with van der Waals surface area (Å²) in [7, 11) is 3.14. The van der Waals surface area contributed by atoms with Crippen molar-refractivity contribution < 1.29 is 23.8 Å². The second-order valence-electron chi connectivity index (χ2n) is 11.1. The molecule has 3 aromatic carbocycles. The van der Waals surface area contributed by atoms with Crippen LogP contribution in [0.4, 0.5) is 34.3 Å². The molecule has 1 spiro atoms. The molecule has 0 atom stereocenters. The van der Waals surface area contributed by atoms with Gasteiger partial charge in [-0.25, -0.2) is 4.98 Å². The Labute approximate surface area is 272 Å². The van der Waals surface area contributed by atoms with Crippen LogP contribution in [0, 0.1) is 11.3 Å². The number of piperidine rings is 1. The number of nitrogens with one attached hydrogen (secondary N) is 4. The molecule has 2 fully saturated rings. The van der Waals surface area contributed by atoms with Crippen LogP contribution in [-0.4, -0.2) is 63.0 Å². The molecule has 2 aliphatic heterocycles. The van der Waals surface area contributed by atoms with Gasteiger partial charge in [0.15, 0.2) is 5.79 Å². The molecule has 0 unspecified atom stereocenters. The number of benzene rings is 3. The number of carbonyl (C=O) groups excluding carboxylic acids is 2. The van der Waals surface area contributed by atoms with Crippen molar-refractivity contribution in [3.8, 4) is 11.8 Å². The van der Waals surface area contributed by atoms with Crippen LogP contribution < -0.4 is 30.9 Å². The van der Waals surface area contributed by atoms with Crippen LogP contribution in [0.25, 0.3) is 0 Å². The number of aromatic nitrogens is 1. The summed E-state index contributed by atoms with van der Waals surface area (Å²) >= 11 is 0. The van der Waals surface area contributed by atoms with Gasteiger partial charge in [-0.2, -0.15) is 5.26 Å². The van der Waals surface area contributed by atoms with Gasteiger partial charge in [0.2, 0.25) is 0 Å². The molecule has 2 aliphatic rings. The fourth-order valence-electron chi connectivity index (χ4n) is 5.78. The van der Waals surface area contributed by atoms with Gasteiger partial charge in [-0.3, -0.25) is 9.59 Å². The van der Waals surface area contributed by atoms with Crippen molar-refractivity contribution >= 4 is 46.1 Å². The summed E-state index contributed by atoms with van der Waals surface area (Å²) in [5.41, 5.74) is 3.97. The lowest BCUT2D eigenvalue weighted by atomic mass is 10.0. The monoisotopic (exact) mass is 633 g/mol. The molecule has 240 valence electrons. The van der Waals surface area contributed by atoms with Gasteiger partial charge in [0.05, 0.1) is 59.8 Å². The molecule has 2 amide bonds. The molecule has 0 bridgehead atoms. The predicted octanol–water partition coefficient (Wildman–Crippen LogP) is 5.40. The summed E-state index contributed by atoms with van der Waals surface area (Å²) in [6.07, 6.45) is 3.06. The van der Waals surface area contributed by atoms with Gasteiger partial charge in [-0.05, 0) is 36.4 Å². The molecule has 1 aromatic heterocycles. The fourth-order valence-corrected chi connectivity index (χ4v) is 5.78. The van der Waals surface area contributed by atoms with Gasteiger partial charge >= 0.3 is 0 Å². The Kier molecular flexibility index (Phi) is 9.19. The number of nitrogens with zero attached hydrogens (tertiary/aromatic N) is 3. The largest absolute Gasteiger partial charge is 0.494 e. The molecule has 12 nitrogen and oxygen atoms in total. The highest BCUT2D eigenvalue weighted by Gasteiger charge is 2.39. The van der Waals surface area contributed by atoms with E-state index in [-0.39, 0.29) is 11.5 Å². The molecule has 47 heavy (non-hydrogen) atoms. The lowest BCUT2D eigenvalue weighted by molar-refractivity contribution is -0.169. The van der Waals surface area contributed by atoms with E-state index in [4.69, 9.17) is 14.2 Å². The van der Waals surface area contributed by atoms with Crippen LogP contribution in [0.15, 0.2) is 79.0 Å². The maximum absolute atomic E-state index is 13.4. The maximum atomic E-state index is 13.4. The standard InChI is InChI=1S/C35H35N7O5/c1-37-33(43)25-7-3-6-10-28(25)41-34(44)26-8-4-5-9-27(26)39-30-20-32(38-22-23(30)21-36)40-29-12-11-24(19-31(29)45-2)42-15-13-35(14-16-42)46-17-18-47-35/h3-12,19-20,22H,13-18H2,1-2H3,(H,37,43)(H,41,44)(H2,38,39,40). The Bertz CT molecular complexity index is 1820. The lowest BCUT2D eigenvalue weighted by Gasteiger charge is -2.38. The number of para-hydroxylation sites is 2. The number of ether oxygens (including phenoxy) is 3. The Balaban J connectivity index is 1.20. The average Bonchev–Trinajstić information content (AvgIpc) is 3.56. The molecule has 4 aromatic rings. The van der Waals surface area contributed by atoms with Crippen LogP contribution in [0.5, 0.6) is 5.75 Å². The van der Waals surface area contributed by atoms with Gasteiger partial charge in [0.25, 0.3) is 11.8 Å². The maximum Gasteiger partial charge on any atom is 0.257 e. The average molecular weight is 634 g/mol. The number of pyridine rings is 1. The number of hydrogen-bond acceptors (Lipinski definition) is 10. The summed E-state index contributed by atoms with van der Waals surface area (Å²) in [5, 5.41) is 21.8. The van der Waals surface area contributed by atoms with Crippen molar-refractivity contribution in [3.63, 3.8) is 0 Å². The number of anilines is 6. The van der Waals surface area contributed by atoms with E-state index in [9.17, 15) is 14.9 Å². The highest BCUT2D eigenvalue weighted by molar-refractivity contribution is 6.11. The van der Waals surface area contributed by atoms with E-state index in [2.05, 4.69) is 37.2 Å². The molecule has 2 saturated heterocycles. The minimum absolute atomic E-state index is 0.288. The number of methoxy groups -OCH3 is 1. The zero-order valence-corrected chi connectivity index (χ0v) is 26.1. The van der Waals surface area contributed by atoms with E-state index in [0.717, 1.165) is 31.6 Å². The SMILES string of the molecule is CNC(=O)c1ccccc1NC(=O)c1ccccc1Nc1cc(Nc2ccc(N3CCC4(CC3)OCCO4)cc2OC)ncc1C#N. The predicted molar refractivity (Wildman–Crippen MR) is 179 cm³/mol. The molecule has 0 radical (unpaired) electrons. The number of nitriles is 1. The Hall–Kier alpha value is -5.64. The van der Waals surface area contributed by atoms with Crippen molar-refractivity contribution in [2.45, 2.75) is 18.6 Å². The number of hydrogen-bond donors (Lipinski definition) is 4. The van der Waals surface area contributed by atoms with Crippen molar-refractivity contribution in [3.05, 3.63) is 95.7 Å². The van der Waals surface area contributed by atoms with Crippen LogP contribution in [0.1, 0.15) is 39.1 Å². The zero-order chi connectivity index (χ0) is 32.8. The fraction of sp³-hybridized carbons (Fsp3) is 0.257. The molecule has 0 aliphatic carbocycles. The first-order valence-corrected chi connectivity index (χ1v) is 15.3. The Morgan fingerprint density at radius 2 is 1.55 bits per heavy atom. The van der Waals surface area contributed by atoms with Gasteiger partial charge in [0, 0.05) is 57.0 Å². The summed E-state index contributed by atoms with van der Waals surface area (Å²) < 4.78 is 17.5. The zero-order valence-electron chi connectivity index (χ0n) is 26.1. The van der Waals surface area contributed by atoms with Crippen LogP contribution in [-0.2, 0) is 9.47 Å². The van der Waals surface area contributed by atoms with Gasteiger partial charge in [-0.1, -0.05) is 24.3 Å². The summed E-state index contributed by atoms with van der Waals surface area (Å²) in [6, 6.07) is 23.5. The molecular formula is C35H35N7O5. The van der Waals surface area contributed by atoms with Gasteiger partial charge < -0.3 is 40.4 Å². The molecular weight excluding hydrogens is 598 g/mol. The van der Waals surface area contributed by atoms with Gasteiger partial charge in [0.1, 0.15) is 17.6 Å². The molecule has 12 heteroatoms. The van der Waals surface area contributed by atoms with Crippen LogP contribution in [0.2, 0.25) is 0 Å². The Morgan fingerprint density at radius 1 is 0.872 bits per heavy atom. The van der Waals surface area contributed by atoms with Crippen molar-refractivity contribution in [1.29, 1.82) is 5.26 Å². The summed E-state index contributed by atoms with van der Waals surface area (Å²) in [5.74, 6) is -0.0851. The molecule has 6 rings (SSSR count). The molecule has 4 N–H and O–H groups in total. The van der Waals surface area contributed by atoms with Crippen molar-refractivity contribution in [2.24, 2.45) is 0 Å². The highest BCUT2D eigenvalue weighted by Crippen LogP contribution is 2.37. The summed E-state index contributed by atoms with van der Waals surface area (Å²) in [6.45, 7) is 2.91. The van der Waals surface area contributed by atoms with E-state index in [1.54, 1.807) is 61.7 Å². The third-order valence-corrected chi connectivity index (χ3v) is 8.26. The molecule has 0 saturated carbocycles. The number of carbonyl (C=O) groups is 2. The van der Waals surface area contributed by atoms with Crippen molar-refractivity contribution in [1.82, 2.24) is 10.3 Å². The first-order valence-electron chi connectivity index (χ1n) is 15.3. The molecule has 3 heterocycles. The second kappa shape index (κ2) is 13.8. The normalized spacial score (nSPS) is 15.0.